The van der Waals surface area contributed by atoms with Crippen LogP contribution in [-0.2, 0) is 4.79 Å². The maximum atomic E-state index is 14.1. The normalized spacial score (nSPS) is 16.4. The summed E-state index contributed by atoms with van der Waals surface area (Å²) in [6.07, 6.45) is 1.91. The van der Waals surface area contributed by atoms with Crippen molar-refractivity contribution >= 4 is 29.1 Å². The molecule has 166 valence electrons. The molecule has 1 aromatic carbocycles. The predicted molar refractivity (Wildman–Crippen MR) is 118 cm³/mol. The van der Waals surface area contributed by atoms with E-state index in [1.54, 1.807) is 17.0 Å². The third-order valence-electron chi connectivity index (χ3n) is 5.72. The Morgan fingerprint density at radius 3 is 2.45 bits per heavy atom. The van der Waals surface area contributed by atoms with E-state index in [1.807, 2.05) is 25.3 Å². The molecule has 1 aromatic heterocycles. The number of carbonyl (C=O) groups is 3. The number of piperidine rings is 1. The zero-order valence-electron chi connectivity index (χ0n) is 17.8. The second-order valence-corrected chi connectivity index (χ2v) is 8.80. The van der Waals surface area contributed by atoms with Crippen LogP contribution in [0.25, 0.3) is 0 Å². The van der Waals surface area contributed by atoms with Crippen LogP contribution < -0.4 is 10.6 Å². The zero-order chi connectivity index (χ0) is 22.4. The lowest BCUT2D eigenvalue weighted by Gasteiger charge is -2.36. The van der Waals surface area contributed by atoms with Crippen LogP contribution in [0, 0.1) is 11.7 Å². The SMILES string of the molecule is CCC(C)NC(=O)C(NC(=O)c1ccccc1F)C1CCN(C(=O)c2cccs2)CC1. The van der Waals surface area contributed by atoms with Crippen LogP contribution in [0.2, 0.25) is 0 Å². The minimum absolute atomic E-state index is 0.00977. The van der Waals surface area contributed by atoms with Gasteiger partial charge in [0.2, 0.25) is 5.91 Å². The molecular formula is C23H28FN3O3S. The van der Waals surface area contributed by atoms with Gasteiger partial charge in [-0.05, 0) is 55.7 Å². The van der Waals surface area contributed by atoms with Crippen LogP contribution in [0.1, 0.15) is 53.1 Å². The Labute approximate surface area is 185 Å². The molecule has 2 unspecified atom stereocenters. The summed E-state index contributed by atoms with van der Waals surface area (Å²) in [4.78, 5) is 40.8. The number of rotatable bonds is 7. The van der Waals surface area contributed by atoms with Crippen molar-refractivity contribution in [2.75, 3.05) is 13.1 Å². The molecule has 1 saturated heterocycles. The van der Waals surface area contributed by atoms with Crippen molar-refractivity contribution in [1.29, 1.82) is 0 Å². The van der Waals surface area contributed by atoms with Gasteiger partial charge in [0.1, 0.15) is 11.9 Å². The molecule has 31 heavy (non-hydrogen) atoms. The highest BCUT2D eigenvalue weighted by Crippen LogP contribution is 2.24. The van der Waals surface area contributed by atoms with E-state index in [2.05, 4.69) is 10.6 Å². The number of hydrogen-bond acceptors (Lipinski definition) is 4. The van der Waals surface area contributed by atoms with Crippen LogP contribution in [-0.4, -0.2) is 47.8 Å². The van der Waals surface area contributed by atoms with Gasteiger partial charge in [0.05, 0.1) is 10.4 Å². The highest BCUT2D eigenvalue weighted by atomic mass is 32.1. The van der Waals surface area contributed by atoms with E-state index in [4.69, 9.17) is 0 Å². The zero-order valence-corrected chi connectivity index (χ0v) is 18.6. The predicted octanol–water partition coefficient (Wildman–Crippen LogP) is 3.45. The molecule has 0 saturated carbocycles. The number of benzene rings is 1. The van der Waals surface area contributed by atoms with Crippen molar-refractivity contribution in [1.82, 2.24) is 15.5 Å². The average Bonchev–Trinajstić information content (AvgIpc) is 3.32. The van der Waals surface area contributed by atoms with Gasteiger partial charge in [-0.2, -0.15) is 0 Å². The van der Waals surface area contributed by atoms with Gasteiger partial charge in [-0.25, -0.2) is 4.39 Å². The van der Waals surface area contributed by atoms with Gasteiger partial charge < -0.3 is 15.5 Å². The second kappa shape index (κ2) is 10.5. The number of halogens is 1. The molecule has 0 bridgehead atoms. The maximum absolute atomic E-state index is 14.1. The Kier molecular flexibility index (Phi) is 7.79. The van der Waals surface area contributed by atoms with Gasteiger partial charge in [-0.3, -0.25) is 14.4 Å². The quantitative estimate of drug-likeness (QED) is 0.685. The molecule has 1 aliphatic rings. The van der Waals surface area contributed by atoms with Gasteiger partial charge in [0, 0.05) is 19.1 Å². The molecule has 2 atom stereocenters. The van der Waals surface area contributed by atoms with Gasteiger partial charge in [0.25, 0.3) is 11.8 Å². The summed E-state index contributed by atoms with van der Waals surface area (Å²) >= 11 is 1.41. The van der Waals surface area contributed by atoms with Crippen molar-refractivity contribution in [2.45, 2.75) is 45.2 Å². The smallest absolute Gasteiger partial charge is 0.263 e. The minimum Gasteiger partial charge on any atom is -0.352 e. The van der Waals surface area contributed by atoms with Crippen LogP contribution in [0.4, 0.5) is 4.39 Å². The van der Waals surface area contributed by atoms with Crippen LogP contribution in [0.3, 0.4) is 0 Å². The molecule has 1 aliphatic heterocycles. The molecule has 2 aromatic rings. The number of likely N-dealkylation sites (tertiary alicyclic amines) is 1. The Hall–Kier alpha value is -2.74. The third kappa shape index (κ3) is 5.70. The molecule has 2 N–H and O–H groups in total. The van der Waals surface area contributed by atoms with Crippen LogP contribution >= 0.6 is 11.3 Å². The van der Waals surface area contributed by atoms with Crippen molar-refractivity contribution in [3.8, 4) is 0 Å². The van der Waals surface area contributed by atoms with Gasteiger partial charge in [-0.15, -0.1) is 11.3 Å². The van der Waals surface area contributed by atoms with Crippen molar-refractivity contribution in [3.63, 3.8) is 0 Å². The summed E-state index contributed by atoms with van der Waals surface area (Å²) in [7, 11) is 0. The molecule has 8 heteroatoms. The number of amides is 3. The van der Waals surface area contributed by atoms with E-state index in [1.165, 1.54) is 29.5 Å². The van der Waals surface area contributed by atoms with E-state index >= 15 is 0 Å². The summed E-state index contributed by atoms with van der Waals surface area (Å²) in [5.41, 5.74) is -0.0888. The highest BCUT2D eigenvalue weighted by Gasteiger charge is 2.35. The number of nitrogens with one attached hydrogen (secondary N) is 2. The van der Waals surface area contributed by atoms with Crippen molar-refractivity contribution in [3.05, 3.63) is 58.0 Å². The standard InChI is InChI=1S/C23H28FN3O3S/c1-3-15(2)25-22(29)20(26-21(28)17-7-4-5-8-18(17)24)16-10-12-27(13-11-16)23(30)19-9-6-14-31-19/h4-9,14-16,20H,3,10-13H2,1-2H3,(H,25,29)(H,26,28). The van der Waals surface area contributed by atoms with Crippen molar-refractivity contribution < 1.29 is 18.8 Å². The summed E-state index contributed by atoms with van der Waals surface area (Å²) in [5.74, 6) is -1.67. The summed E-state index contributed by atoms with van der Waals surface area (Å²) in [5, 5.41) is 7.55. The fourth-order valence-electron chi connectivity index (χ4n) is 3.69. The molecule has 0 spiro atoms. The van der Waals surface area contributed by atoms with Crippen LogP contribution in [0.5, 0.6) is 0 Å². The summed E-state index contributed by atoms with van der Waals surface area (Å²) in [6.45, 7) is 4.87. The molecule has 0 radical (unpaired) electrons. The molecule has 3 amide bonds. The first kappa shape index (κ1) is 22.9. The molecular weight excluding hydrogens is 417 g/mol. The van der Waals surface area contributed by atoms with Gasteiger partial charge in [-0.1, -0.05) is 25.1 Å². The first-order valence-corrected chi connectivity index (χ1v) is 11.5. The first-order valence-electron chi connectivity index (χ1n) is 10.6. The summed E-state index contributed by atoms with van der Waals surface area (Å²) in [6, 6.07) is 8.53. The fourth-order valence-corrected chi connectivity index (χ4v) is 4.38. The molecule has 3 rings (SSSR count). The topological polar surface area (TPSA) is 78.5 Å². The van der Waals surface area contributed by atoms with E-state index in [-0.39, 0.29) is 29.3 Å². The highest BCUT2D eigenvalue weighted by molar-refractivity contribution is 7.12. The average molecular weight is 446 g/mol. The molecule has 6 nitrogen and oxygen atoms in total. The monoisotopic (exact) mass is 445 g/mol. The van der Waals surface area contributed by atoms with Crippen molar-refractivity contribution in [2.24, 2.45) is 5.92 Å². The van der Waals surface area contributed by atoms with Gasteiger partial charge in [0.15, 0.2) is 0 Å². The lowest BCUT2D eigenvalue weighted by molar-refractivity contribution is -0.125. The Bertz CT molecular complexity index is 911. The lowest BCUT2D eigenvalue weighted by Crippen LogP contribution is -2.55. The minimum atomic E-state index is -0.792. The second-order valence-electron chi connectivity index (χ2n) is 7.86. The fraction of sp³-hybridized carbons (Fsp3) is 0.435. The third-order valence-corrected chi connectivity index (χ3v) is 6.58. The van der Waals surface area contributed by atoms with E-state index in [0.717, 1.165) is 6.42 Å². The maximum Gasteiger partial charge on any atom is 0.263 e. The van der Waals surface area contributed by atoms with Gasteiger partial charge >= 0.3 is 0 Å². The number of nitrogens with zero attached hydrogens (tertiary/aromatic N) is 1. The Balaban J connectivity index is 1.71. The Morgan fingerprint density at radius 2 is 1.84 bits per heavy atom. The van der Waals surface area contributed by atoms with E-state index in [0.29, 0.717) is 30.8 Å². The Morgan fingerprint density at radius 1 is 1.13 bits per heavy atom. The molecule has 2 heterocycles. The summed E-state index contributed by atoms with van der Waals surface area (Å²) < 4.78 is 14.1. The van der Waals surface area contributed by atoms with Crippen LogP contribution in [0.15, 0.2) is 41.8 Å². The number of carbonyl (C=O) groups excluding carboxylic acids is 3. The van der Waals surface area contributed by atoms with E-state index in [9.17, 15) is 18.8 Å². The largest absolute Gasteiger partial charge is 0.352 e. The van der Waals surface area contributed by atoms with E-state index < -0.39 is 17.8 Å². The first-order chi connectivity index (χ1) is 14.9. The molecule has 0 aliphatic carbocycles. The lowest BCUT2D eigenvalue weighted by atomic mass is 9.88. The number of hydrogen-bond donors (Lipinski definition) is 2. The number of thiophene rings is 1. The molecule has 1 fully saturated rings.